The van der Waals surface area contributed by atoms with Crippen LogP contribution in [0.2, 0.25) is 0 Å². The molecule has 0 unspecified atom stereocenters. The molecule has 1 aromatic rings. The van der Waals surface area contributed by atoms with Gasteiger partial charge in [0.05, 0.1) is 24.0 Å². The number of imidazole rings is 1. The van der Waals surface area contributed by atoms with Crippen LogP contribution < -0.4 is 5.32 Å². The zero-order valence-electron chi connectivity index (χ0n) is 11.2. The van der Waals surface area contributed by atoms with E-state index < -0.39 is 15.8 Å². The van der Waals surface area contributed by atoms with Crippen LogP contribution in [0.5, 0.6) is 0 Å². The number of rotatable bonds is 4. The van der Waals surface area contributed by atoms with Gasteiger partial charge in [-0.25, -0.2) is 13.4 Å². The minimum atomic E-state index is -3.02. The largest absolute Gasteiger partial charge is 0.349 e. The second-order valence-electron chi connectivity index (χ2n) is 5.16. The summed E-state index contributed by atoms with van der Waals surface area (Å²) in [7, 11) is -3.02. The highest BCUT2D eigenvalue weighted by atomic mass is 32.2. The molecule has 1 aromatic heterocycles. The predicted octanol–water partition coefficient (Wildman–Crippen LogP) is 0.515. The fraction of sp³-hybridized carbons (Fsp3) is 0.667. The molecule has 1 amide bonds. The Labute approximate surface area is 113 Å². The highest BCUT2D eigenvalue weighted by Crippen LogP contribution is 2.18. The van der Waals surface area contributed by atoms with E-state index in [0.29, 0.717) is 13.0 Å². The summed E-state index contributed by atoms with van der Waals surface area (Å²) < 4.78 is 24.6. The number of nitrogens with one attached hydrogen (secondary N) is 1. The molecule has 0 aromatic carbocycles. The molecule has 1 N–H and O–H groups in total. The van der Waals surface area contributed by atoms with Crippen LogP contribution in [0, 0.1) is 5.92 Å². The van der Waals surface area contributed by atoms with Gasteiger partial charge >= 0.3 is 0 Å². The third-order valence-corrected chi connectivity index (χ3v) is 5.10. The molecule has 19 heavy (non-hydrogen) atoms. The van der Waals surface area contributed by atoms with Crippen LogP contribution in [-0.4, -0.2) is 35.4 Å². The lowest BCUT2D eigenvalue weighted by atomic mass is 10.1. The van der Waals surface area contributed by atoms with Crippen LogP contribution in [0.3, 0.4) is 0 Å². The van der Waals surface area contributed by atoms with E-state index in [4.69, 9.17) is 0 Å². The smallest absolute Gasteiger partial charge is 0.224 e. The highest BCUT2D eigenvalue weighted by molar-refractivity contribution is 7.91. The number of sulfone groups is 1. The Morgan fingerprint density at radius 1 is 1.58 bits per heavy atom. The summed E-state index contributed by atoms with van der Waals surface area (Å²) in [6, 6.07) is 0.279. The summed E-state index contributed by atoms with van der Waals surface area (Å²) in [6.07, 6.45) is 3.99. The maximum absolute atomic E-state index is 11.9. The molecular weight excluding hydrogens is 266 g/mol. The lowest BCUT2D eigenvalue weighted by Gasteiger charge is -2.13. The minimum absolute atomic E-state index is 0.0303. The fourth-order valence-electron chi connectivity index (χ4n) is 2.26. The Morgan fingerprint density at radius 2 is 2.32 bits per heavy atom. The number of hydrogen-bond acceptors (Lipinski definition) is 4. The number of hydrogen-bond donors (Lipinski definition) is 1. The monoisotopic (exact) mass is 285 g/mol. The summed E-state index contributed by atoms with van der Waals surface area (Å²) in [5.41, 5.74) is 0. The fourth-order valence-corrected chi connectivity index (χ4v) is 4.00. The van der Waals surface area contributed by atoms with E-state index in [0.717, 1.165) is 5.82 Å². The zero-order valence-corrected chi connectivity index (χ0v) is 12.0. The van der Waals surface area contributed by atoms with Gasteiger partial charge in [0.2, 0.25) is 5.91 Å². The maximum atomic E-state index is 11.9. The van der Waals surface area contributed by atoms with Crippen molar-refractivity contribution < 1.29 is 13.2 Å². The molecule has 1 aliphatic rings. The number of carbonyl (C=O) groups excluding carboxylic acids is 1. The van der Waals surface area contributed by atoms with E-state index in [1.807, 2.05) is 24.6 Å². The first-order valence-corrected chi connectivity index (χ1v) is 8.21. The molecule has 2 rings (SSSR count). The average molecular weight is 285 g/mol. The zero-order chi connectivity index (χ0) is 14.0. The van der Waals surface area contributed by atoms with Crippen molar-refractivity contribution in [3.8, 4) is 0 Å². The molecule has 1 aliphatic heterocycles. The molecular formula is C12H19N3O3S. The minimum Gasteiger partial charge on any atom is -0.349 e. The lowest BCUT2D eigenvalue weighted by molar-refractivity contribution is -0.124. The van der Waals surface area contributed by atoms with Gasteiger partial charge in [0.1, 0.15) is 5.82 Å². The molecule has 0 saturated carbocycles. The van der Waals surface area contributed by atoms with Crippen molar-refractivity contribution in [3.05, 3.63) is 18.2 Å². The second kappa shape index (κ2) is 5.32. The average Bonchev–Trinajstić information content (AvgIpc) is 2.92. The van der Waals surface area contributed by atoms with Gasteiger partial charge in [0.15, 0.2) is 9.84 Å². The van der Waals surface area contributed by atoms with Gasteiger partial charge in [-0.1, -0.05) is 0 Å². The predicted molar refractivity (Wildman–Crippen MR) is 71.2 cm³/mol. The molecule has 106 valence electrons. The van der Waals surface area contributed by atoms with Crippen molar-refractivity contribution in [1.29, 1.82) is 0 Å². The van der Waals surface area contributed by atoms with Crippen molar-refractivity contribution in [2.45, 2.75) is 32.9 Å². The van der Waals surface area contributed by atoms with Crippen molar-refractivity contribution in [1.82, 2.24) is 14.9 Å². The lowest BCUT2D eigenvalue weighted by Crippen LogP contribution is -2.32. The van der Waals surface area contributed by atoms with E-state index in [2.05, 4.69) is 10.3 Å². The molecule has 7 heteroatoms. The number of aromatic nitrogens is 2. The number of nitrogens with zero attached hydrogens (tertiary/aromatic N) is 2. The molecule has 0 bridgehead atoms. The van der Waals surface area contributed by atoms with Gasteiger partial charge in [0.25, 0.3) is 0 Å². The first kappa shape index (κ1) is 14.0. The second-order valence-corrected chi connectivity index (χ2v) is 7.39. The Balaban J connectivity index is 1.92. The van der Waals surface area contributed by atoms with Gasteiger partial charge in [-0.15, -0.1) is 0 Å². The SMILES string of the molecule is CC(C)n1ccnc1CNC(=O)[C@H]1CCS(=O)(=O)C1. The summed E-state index contributed by atoms with van der Waals surface area (Å²) in [6.45, 7) is 4.41. The molecule has 0 aliphatic carbocycles. The van der Waals surface area contributed by atoms with E-state index in [1.165, 1.54) is 0 Å². The van der Waals surface area contributed by atoms with E-state index in [1.54, 1.807) is 6.20 Å². The third-order valence-electron chi connectivity index (χ3n) is 3.33. The summed E-state index contributed by atoms with van der Waals surface area (Å²) in [5, 5.41) is 2.77. The van der Waals surface area contributed by atoms with Crippen molar-refractivity contribution in [3.63, 3.8) is 0 Å². The first-order valence-electron chi connectivity index (χ1n) is 6.39. The molecule has 2 heterocycles. The van der Waals surface area contributed by atoms with Crippen LogP contribution in [0.15, 0.2) is 12.4 Å². The standard InChI is InChI=1S/C12H19N3O3S/c1-9(2)15-5-4-13-11(15)7-14-12(16)10-3-6-19(17,18)8-10/h4-5,9-10H,3,6-8H2,1-2H3,(H,14,16)/t10-/m0/s1. The van der Waals surface area contributed by atoms with Crippen LogP contribution >= 0.6 is 0 Å². The van der Waals surface area contributed by atoms with Gasteiger partial charge in [-0.2, -0.15) is 0 Å². The van der Waals surface area contributed by atoms with E-state index in [-0.39, 0.29) is 23.5 Å². The normalized spacial score (nSPS) is 21.7. The Morgan fingerprint density at radius 3 is 2.89 bits per heavy atom. The molecule has 6 nitrogen and oxygen atoms in total. The van der Waals surface area contributed by atoms with Crippen LogP contribution in [0.25, 0.3) is 0 Å². The van der Waals surface area contributed by atoms with Crippen molar-refractivity contribution >= 4 is 15.7 Å². The number of carbonyl (C=O) groups is 1. The summed E-state index contributed by atoms with van der Waals surface area (Å²) in [5.74, 6) is 0.263. The Hall–Kier alpha value is -1.37. The van der Waals surface area contributed by atoms with Crippen LogP contribution in [0.1, 0.15) is 32.1 Å². The summed E-state index contributed by atoms with van der Waals surface area (Å²) >= 11 is 0. The van der Waals surface area contributed by atoms with Gasteiger partial charge in [-0.3, -0.25) is 4.79 Å². The molecule has 1 saturated heterocycles. The van der Waals surface area contributed by atoms with Crippen molar-refractivity contribution in [2.24, 2.45) is 5.92 Å². The van der Waals surface area contributed by atoms with Gasteiger partial charge < -0.3 is 9.88 Å². The van der Waals surface area contributed by atoms with Gasteiger partial charge in [-0.05, 0) is 20.3 Å². The molecule has 1 atom stereocenters. The molecule has 0 radical (unpaired) electrons. The van der Waals surface area contributed by atoms with E-state index in [9.17, 15) is 13.2 Å². The first-order chi connectivity index (χ1) is 8.89. The maximum Gasteiger partial charge on any atom is 0.224 e. The highest BCUT2D eigenvalue weighted by Gasteiger charge is 2.32. The third kappa shape index (κ3) is 3.34. The van der Waals surface area contributed by atoms with Crippen molar-refractivity contribution in [2.75, 3.05) is 11.5 Å². The number of amides is 1. The topological polar surface area (TPSA) is 81.1 Å². The summed E-state index contributed by atoms with van der Waals surface area (Å²) in [4.78, 5) is 16.1. The van der Waals surface area contributed by atoms with Gasteiger partial charge in [0, 0.05) is 18.4 Å². The van der Waals surface area contributed by atoms with Crippen LogP contribution in [-0.2, 0) is 21.2 Å². The quantitative estimate of drug-likeness (QED) is 0.874. The molecule has 1 fully saturated rings. The molecule has 0 spiro atoms. The Kier molecular flexibility index (Phi) is 3.93. The van der Waals surface area contributed by atoms with Crippen LogP contribution in [0.4, 0.5) is 0 Å². The van der Waals surface area contributed by atoms with E-state index >= 15 is 0 Å². The Bertz CT molecular complexity index is 563.